The molecule has 150 valence electrons. The molecule has 0 spiro atoms. The summed E-state index contributed by atoms with van der Waals surface area (Å²) >= 11 is 0. The number of aryl methyl sites for hydroxylation is 1. The quantitative estimate of drug-likeness (QED) is 0.424. The summed E-state index contributed by atoms with van der Waals surface area (Å²) in [6, 6.07) is 5.39. The highest BCUT2D eigenvalue weighted by Crippen LogP contribution is 2.32. The van der Waals surface area contributed by atoms with Gasteiger partial charge in [0.1, 0.15) is 11.5 Å². The molecule has 0 aliphatic carbocycles. The zero-order valence-electron chi connectivity index (χ0n) is 16.6. The normalized spacial score (nSPS) is 10.6. The monoisotopic (exact) mass is 388 g/mol. The van der Waals surface area contributed by atoms with E-state index in [0.717, 1.165) is 12.8 Å². The van der Waals surface area contributed by atoms with Crippen molar-refractivity contribution in [1.29, 1.82) is 0 Å². The molecule has 0 radical (unpaired) electrons. The molecule has 1 heterocycles. The van der Waals surface area contributed by atoms with Crippen molar-refractivity contribution in [3.8, 4) is 11.1 Å². The minimum atomic E-state index is -0.753. The molecule has 0 aliphatic rings. The van der Waals surface area contributed by atoms with Gasteiger partial charge in [0, 0.05) is 24.8 Å². The summed E-state index contributed by atoms with van der Waals surface area (Å²) in [5, 5.41) is 0. The highest BCUT2D eigenvalue weighted by Gasteiger charge is 2.31. The largest absolute Gasteiger partial charge is 0.462 e. The molecule has 0 fully saturated rings. The van der Waals surface area contributed by atoms with Crippen LogP contribution in [0.2, 0.25) is 0 Å². The summed E-state index contributed by atoms with van der Waals surface area (Å²) in [6.45, 7) is 5.91. The van der Waals surface area contributed by atoms with Crippen LogP contribution in [0, 0.1) is 12.7 Å². The molecule has 0 aliphatic heterocycles. The van der Waals surface area contributed by atoms with E-state index >= 15 is 0 Å². The third-order valence-electron chi connectivity index (χ3n) is 4.42. The van der Waals surface area contributed by atoms with Crippen LogP contribution < -0.4 is 0 Å². The van der Waals surface area contributed by atoms with E-state index in [4.69, 9.17) is 4.74 Å². The van der Waals surface area contributed by atoms with Gasteiger partial charge in [0.05, 0.1) is 12.2 Å². The highest BCUT2D eigenvalue weighted by atomic mass is 19.1. The fourth-order valence-corrected chi connectivity index (χ4v) is 2.94. The summed E-state index contributed by atoms with van der Waals surface area (Å²) < 4.78 is 18.5. The first kappa shape index (κ1) is 21.3. The predicted molar refractivity (Wildman–Crippen MR) is 104 cm³/mol. The standard InChI is InChI=1S/C21H25FN2O4/c1-5-7-12-24(4)20(26)19(25)18-17(14-8-10-15(22)11-9-14)16(13(3)23-18)21(27)28-6-2/h8-11,23H,5-7,12H2,1-4H3. The minimum Gasteiger partial charge on any atom is -0.462 e. The number of ketones is 1. The molecule has 1 aromatic carbocycles. The van der Waals surface area contributed by atoms with E-state index in [1.807, 2.05) is 6.92 Å². The number of aromatic amines is 1. The van der Waals surface area contributed by atoms with Crippen molar-refractivity contribution in [1.82, 2.24) is 9.88 Å². The molecule has 2 aromatic rings. The molecule has 1 aromatic heterocycles. The molecule has 1 N–H and O–H groups in total. The van der Waals surface area contributed by atoms with Gasteiger partial charge in [-0.3, -0.25) is 9.59 Å². The Morgan fingerprint density at radius 2 is 1.79 bits per heavy atom. The lowest BCUT2D eigenvalue weighted by Crippen LogP contribution is -2.34. The van der Waals surface area contributed by atoms with Gasteiger partial charge >= 0.3 is 5.97 Å². The molecule has 2 rings (SSSR count). The van der Waals surface area contributed by atoms with Crippen LogP contribution in [-0.4, -0.2) is 47.7 Å². The van der Waals surface area contributed by atoms with Crippen LogP contribution in [0.3, 0.4) is 0 Å². The van der Waals surface area contributed by atoms with Crippen LogP contribution in [0.15, 0.2) is 24.3 Å². The number of aromatic nitrogens is 1. The summed E-state index contributed by atoms with van der Waals surface area (Å²) in [5.41, 5.74) is 1.27. The number of halogens is 1. The number of nitrogens with one attached hydrogen (secondary N) is 1. The van der Waals surface area contributed by atoms with Crippen LogP contribution in [0.25, 0.3) is 11.1 Å². The van der Waals surface area contributed by atoms with Crippen LogP contribution >= 0.6 is 0 Å². The van der Waals surface area contributed by atoms with Crippen LogP contribution in [-0.2, 0) is 9.53 Å². The number of nitrogens with zero attached hydrogens (tertiary/aromatic N) is 1. The Bertz CT molecular complexity index is 871. The third-order valence-corrected chi connectivity index (χ3v) is 4.42. The number of carbonyl (C=O) groups excluding carboxylic acids is 3. The van der Waals surface area contributed by atoms with Gasteiger partial charge in [-0.25, -0.2) is 9.18 Å². The Balaban J connectivity index is 2.56. The summed E-state index contributed by atoms with van der Waals surface area (Å²) in [6.07, 6.45) is 1.67. The topological polar surface area (TPSA) is 79.5 Å². The Morgan fingerprint density at radius 1 is 1.14 bits per heavy atom. The number of hydrogen-bond donors (Lipinski definition) is 1. The smallest absolute Gasteiger partial charge is 0.340 e. The number of ether oxygens (including phenoxy) is 1. The molecule has 6 nitrogen and oxygen atoms in total. The van der Waals surface area contributed by atoms with E-state index in [0.29, 0.717) is 17.8 Å². The van der Waals surface area contributed by atoms with Crippen molar-refractivity contribution in [2.75, 3.05) is 20.2 Å². The predicted octanol–water partition coefficient (Wildman–Crippen LogP) is 3.75. The summed E-state index contributed by atoms with van der Waals surface area (Å²) in [7, 11) is 1.56. The van der Waals surface area contributed by atoms with Crippen molar-refractivity contribution in [2.45, 2.75) is 33.6 Å². The molecular formula is C21H25FN2O4. The summed E-state index contributed by atoms with van der Waals surface area (Å²) in [5.74, 6) is -2.48. The maximum atomic E-state index is 13.4. The van der Waals surface area contributed by atoms with E-state index in [9.17, 15) is 18.8 Å². The van der Waals surface area contributed by atoms with Gasteiger partial charge in [0.15, 0.2) is 0 Å². The molecule has 28 heavy (non-hydrogen) atoms. The van der Waals surface area contributed by atoms with E-state index in [1.165, 1.54) is 29.2 Å². The van der Waals surface area contributed by atoms with Crippen LogP contribution in [0.1, 0.15) is 53.2 Å². The highest BCUT2D eigenvalue weighted by molar-refractivity contribution is 6.43. The van der Waals surface area contributed by atoms with Crippen molar-refractivity contribution < 1.29 is 23.5 Å². The van der Waals surface area contributed by atoms with Crippen LogP contribution in [0.4, 0.5) is 4.39 Å². The molecule has 1 amide bonds. The fraction of sp³-hybridized carbons (Fsp3) is 0.381. The minimum absolute atomic E-state index is 0.000472. The SMILES string of the molecule is CCCCN(C)C(=O)C(=O)c1[nH]c(C)c(C(=O)OCC)c1-c1ccc(F)cc1. The zero-order valence-corrected chi connectivity index (χ0v) is 16.6. The first-order valence-electron chi connectivity index (χ1n) is 9.27. The molecule has 7 heteroatoms. The lowest BCUT2D eigenvalue weighted by molar-refractivity contribution is -0.125. The number of H-pyrrole nitrogens is 1. The number of hydrogen-bond acceptors (Lipinski definition) is 4. The maximum Gasteiger partial charge on any atom is 0.340 e. The third kappa shape index (κ3) is 4.47. The fourth-order valence-electron chi connectivity index (χ4n) is 2.94. The average molecular weight is 388 g/mol. The second kappa shape index (κ2) is 9.30. The van der Waals surface area contributed by atoms with Crippen molar-refractivity contribution in [3.63, 3.8) is 0 Å². The number of rotatable bonds is 8. The number of benzene rings is 1. The van der Waals surface area contributed by atoms with Gasteiger partial charge in [-0.05, 0) is 38.0 Å². The molecule has 0 saturated heterocycles. The molecule has 0 atom stereocenters. The molecule has 0 unspecified atom stereocenters. The lowest BCUT2D eigenvalue weighted by Gasteiger charge is -2.16. The lowest BCUT2D eigenvalue weighted by atomic mass is 9.98. The number of Topliss-reactive ketones (excluding diaryl/α,β-unsaturated/α-hetero) is 1. The Hall–Kier alpha value is -2.96. The number of esters is 1. The summed E-state index contributed by atoms with van der Waals surface area (Å²) in [4.78, 5) is 42.2. The van der Waals surface area contributed by atoms with Crippen molar-refractivity contribution in [3.05, 3.63) is 47.0 Å². The maximum absolute atomic E-state index is 13.4. The number of amides is 1. The Morgan fingerprint density at radius 3 is 2.36 bits per heavy atom. The van der Waals surface area contributed by atoms with E-state index < -0.39 is 23.5 Å². The van der Waals surface area contributed by atoms with E-state index in [1.54, 1.807) is 20.9 Å². The first-order chi connectivity index (χ1) is 13.3. The molecule has 0 bridgehead atoms. The second-order valence-electron chi connectivity index (χ2n) is 6.51. The number of unbranched alkanes of at least 4 members (excludes halogenated alkanes) is 1. The van der Waals surface area contributed by atoms with Crippen LogP contribution in [0.5, 0.6) is 0 Å². The van der Waals surface area contributed by atoms with E-state index in [2.05, 4.69) is 4.98 Å². The number of likely N-dealkylation sites (N-methyl/N-ethyl adjacent to an activating group) is 1. The van der Waals surface area contributed by atoms with Gasteiger partial charge in [-0.2, -0.15) is 0 Å². The Kier molecular flexibility index (Phi) is 7.09. The first-order valence-corrected chi connectivity index (χ1v) is 9.27. The second-order valence-corrected chi connectivity index (χ2v) is 6.51. The van der Waals surface area contributed by atoms with Gasteiger partial charge < -0.3 is 14.6 Å². The average Bonchev–Trinajstić information content (AvgIpc) is 3.02. The molecule has 0 saturated carbocycles. The van der Waals surface area contributed by atoms with Gasteiger partial charge in [0.25, 0.3) is 11.7 Å². The van der Waals surface area contributed by atoms with Crippen molar-refractivity contribution in [2.24, 2.45) is 0 Å². The Labute approximate surface area is 163 Å². The van der Waals surface area contributed by atoms with Gasteiger partial charge in [-0.1, -0.05) is 25.5 Å². The molecular weight excluding hydrogens is 363 g/mol. The van der Waals surface area contributed by atoms with Crippen molar-refractivity contribution >= 4 is 17.7 Å². The van der Waals surface area contributed by atoms with Gasteiger partial charge in [0.2, 0.25) is 0 Å². The van der Waals surface area contributed by atoms with E-state index in [-0.39, 0.29) is 23.4 Å². The number of carbonyl (C=O) groups is 3. The zero-order chi connectivity index (χ0) is 20.8. The van der Waals surface area contributed by atoms with Gasteiger partial charge in [-0.15, -0.1) is 0 Å².